The Hall–Kier alpha value is -2.82. The third kappa shape index (κ3) is 3.72. The van der Waals surface area contributed by atoms with Gasteiger partial charge in [-0.05, 0) is 25.5 Å². The minimum absolute atomic E-state index is 0.0768. The monoisotopic (exact) mass is 349 g/mol. The average Bonchev–Trinajstić information content (AvgIpc) is 3.26. The van der Waals surface area contributed by atoms with Gasteiger partial charge in [-0.2, -0.15) is 0 Å². The molecule has 0 aliphatic carbocycles. The second-order valence-corrected chi connectivity index (χ2v) is 6.89. The van der Waals surface area contributed by atoms with E-state index in [0.29, 0.717) is 12.8 Å². The average molecular weight is 349 g/mol. The number of hydrogen-bond acceptors (Lipinski definition) is 3. The molecule has 0 saturated heterocycles. The van der Waals surface area contributed by atoms with Crippen LogP contribution in [0.3, 0.4) is 0 Å². The summed E-state index contributed by atoms with van der Waals surface area (Å²) in [7, 11) is 0. The zero-order valence-electron chi connectivity index (χ0n) is 14.9. The van der Waals surface area contributed by atoms with Gasteiger partial charge >= 0.3 is 0 Å². The second kappa shape index (κ2) is 7.20. The molecule has 2 aromatic heterocycles. The van der Waals surface area contributed by atoms with Gasteiger partial charge in [-0.3, -0.25) is 4.79 Å². The molecule has 4 rings (SSSR count). The van der Waals surface area contributed by atoms with Crippen molar-refractivity contribution in [2.45, 2.75) is 45.2 Å². The van der Waals surface area contributed by atoms with Crippen LogP contribution in [-0.2, 0) is 24.2 Å². The van der Waals surface area contributed by atoms with Crippen LogP contribution in [0.25, 0.3) is 11.3 Å². The molecule has 1 unspecified atom stereocenters. The third-order valence-corrected chi connectivity index (χ3v) is 4.80. The van der Waals surface area contributed by atoms with E-state index in [9.17, 15) is 4.79 Å². The number of nitrogens with one attached hydrogen (secondary N) is 1. The Labute approximate surface area is 153 Å². The molecule has 0 radical (unpaired) electrons. The van der Waals surface area contributed by atoms with Gasteiger partial charge in [0.2, 0.25) is 5.91 Å². The third-order valence-electron chi connectivity index (χ3n) is 4.80. The van der Waals surface area contributed by atoms with Gasteiger partial charge in [0.05, 0.1) is 5.69 Å². The van der Waals surface area contributed by atoms with Gasteiger partial charge in [-0.1, -0.05) is 30.3 Å². The van der Waals surface area contributed by atoms with Crippen molar-refractivity contribution in [3.8, 4) is 11.3 Å². The first-order chi connectivity index (χ1) is 12.7. The minimum atomic E-state index is 0.0768. The number of carbonyl (C=O) groups excluding carboxylic acids is 1. The van der Waals surface area contributed by atoms with Crippen LogP contribution in [-0.4, -0.2) is 21.5 Å². The van der Waals surface area contributed by atoms with E-state index >= 15 is 0 Å². The van der Waals surface area contributed by atoms with Crippen molar-refractivity contribution in [2.75, 3.05) is 0 Å². The maximum Gasteiger partial charge on any atom is 0.220 e. The molecule has 1 amide bonds. The Morgan fingerprint density at radius 2 is 2.12 bits per heavy atom. The highest BCUT2D eigenvalue weighted by atomic mass is 16.3. The summed E-state index contributed by atoms with van der Waals surface area (Å²) in [5.41, 5.74) is 2.09. The molecule has 0 fully saturated rings. The summed E-state index contributed by atoms with van der Waals surface area (Å²) in [6.45, 7) is 2.81. The summed E-state index contributed by atoms with van der Waals surface area (Å²) in [5, 5.41) is 3.15. The molecular weight excluding hydrogens is 326 g/mol. The first-order valence-electron chi connectivity index (χ1n) is 9.13. The maximum absolute atomic E-state index is 12.3. The molecule has 1 aromatic carbocycles. The van der Waals surface area contributed by atoms with E-state index in [4.69, 9.17) is 4.42 Å². The smallest absolute Gasteiger partial charge is 0.220 e. The van der Waals surface area contributed by atoms with Gasteiger partial charge in [-0.25, -0.2) is 4.98 Å². The molecule has 3 heterocycles. The number of benzene rings is 1. The predicted molar refractivity (Wildman–Crippen MR) is 99.7 cm³/mol. The van der Waals surface area contributed by atoms with Crippen molar-refractivity contribution in [3.05, 3.63) is 65.9 Å². The molecule has 3 aromatic rings. The summed E-state index contributed by atoms with van der Waals surface area (Å²) >= 11 is 0. The van der Waals surface area contributed by atoms with Gasteiger partial charge < -0.3 is 14.3 Å². The van der Waals surface area contributed by atoms with E-state index in [1.807, 2.05) is 49.4 Å². The van der Waals surface area contributed by atoms with Gasteiger partial charge in [0, 0.05) is 43.6 Å². The topological polar surface area (TPSA) is 60.1 Å². The molecule has 26 heavy (non-hydrogen) atoms. The first-order valence-corrected chi connectivity index (χ1v) is 9.13. The van der Waals surface area contributed by atoms with Crippen LogP contribution >= 0.6 is 0 Å². The van der Waals surface area contributed by atoms with Crippen LogP contribution in [0.4, 0.5) is 0 Å². The fraction of sp³-hybridized carbons (Fsp3) is 0.333. The molecular formula is C21H23N3O2. The number of nitrogens with zero attached hydrogens (tertiary/aromatic N) is 2. The van der Waals surface area contributed by atoms with E-state index in [-0.39, 0.29) is 11.9 Å². The Balaban J connectivity index is 1.29. The van der Waals surface area contributed by atoms with Crippen LogP contribution in [0, 0.1) is 6.92 Å². The van der Waals surface area contributed by atoms with Gasteiger partial charge in [0.15, 0.2) is 0 Å². The lowest BCUT2D eigenvalue weighted by molar-refractivity contribution is -0.122. The number of fused-ring (bicyclic) bond motifs is 1. The number of rotatable bonds is 5. The molecule has 0 spiro atoms. The lowest BCUT2D eigenvalue weighted by Gasteiger charge is -2.24. The van der Waals surface area contributed by atoms with Crippen LogP contribution < -0.4 is 5.32 Å². The number of aromatic nitrogens is 2. The first kappa shape index (κ1) is 16.6. The van der Waals surface area contributed by atoms with Crippen molar-refractivity contribution >= 4 is 5.91 Å². The van der Waals surface area contributed by atoms with E-state index in [1.165, 1.54) is 0 Å². The molecule has 5 heteroatoms. The Kier molecular flexibility index (Phi) is 4.61. The highest BCUT2D eigenvalue weighted by molar-refractivity contribution is 5.76. The summed E-state index contributed by atoms with van der Waals surface area (Å²) in [6, 6.07) is 14.1. The number of amides is 1. The molecule has 0 bridgehead atoms. The zero-order chi connectivity index (χ0) is 17.9. The number of aryl methyl sites for hydroxylation is 3. The Morgan fingerprint density at radius 1 is 1.27 bits per heavy atom. The SMILES string of the molecule is Cc1cn2c(n1)CCC(NC(=O)CCc1ccc(-c3ccccc3)o1)C2. The van der Waals surface area contributed by atoms with E-state index in [1.54, 1.807) is 0 Å². The normalized spacial score (nSPS) is 16.3. The summed E-state index contributed by atoms with van der Waals surface area (Å²) < 4.78 is 8.02. The van der Waals surface area contributed by atoms with Gasteiger partial charge in [0.25, 0.3) is 0 Å². The largest absolute Gasteiger partial charge is 0.461 e. The molecule has 1 aliphatic rings. The number of imidazole rings is 1. The zero-order valence-corrected chi connectivity index (χ0v) is 14.9. The lowest BCUT2D eigenvalue weighted by atomic mass is 10.1. The number of carbonyl (C=O) groups is 1. The van der Waals surface area contributed by atoms with Gasteiger partial charge in [0.1, 0.15) is 17.3 Å². The predicted octanol–water partition coefficient (Wildman–Crippen LogP) is 3.52. The second-order valence-electron chi connectivity index (χ2n) is 6.89. The molecule has 0 saturated carbocycles. The van der Waals surface area contributed by atoms with Crippen LogP contribution in [0.5, 0.6) is 0 Å². The summed E-state index contributed by atoms with van der Waals surface area (Å²) in [4.78, 5) is 16.8. The molecule has 1 aliphatic heterocycles. The number of furan rings is 1. The van der Waals surface area contributed by atoms with Crippen molar-refractivity contribution < 1.29 is 9.21 Å². The molecule has 1 atom stereocenters. The van der Waals surface area contributed by atoms with Crippen LogP contribution in [0.15, 0.2) is 53.1 Å². The van der Waals surface area contributed by atoms with Crippen LogP contribution in [0.1, 0.15) is 30.1 Å². The van der Waals surface area contributed by atoms with Crippen molar-refractivity contribution in [2.24, 2.45) is 0 Å². The molecule has 134 valence electrons. The molecule has 1 N–H and O–H groups in total. The lowest BCUT2D eigenvalue weighted by Crippen LogP contribution is -2.40. The highest BCUT2D eigenvalue weighted by Crippen LogP contribution is 2.22. The van der Waals surface area contributed by atoms with E-state index in [0.717, 1.165) is 48.0 Å². The maximum atomic E-state index is 12.3. The number of hydrogen-bond donors (Lipinski definition) is 1. The van der Waals surface area contributed by atoms with E-state index in [2.05, 4.69) is 21.1 Å². The van der Waals surface area contributed by atoms with Crippen molar-refractivity contribution in [1.82, 2.24) is 14.9 Å². The van der Waals surface area contributed by atoms with Gasteiger partial charge in [-0.15, -0.1) is 0 Å². The minimum Gasteiger partial charge on any atom is -0.461 e. The van der Waals surface area contributed by atoms with E-state index < -0.39 is 0 Å². The van der Waals surface area contributed by atoms with Crippen LogP contribution in [0.2, 0.25) is 0 Å². The highest BCUT2D eigenvalue weighted by Gasteiger charge is 2.21. The summed E-state index contributed by atoms with van der Waals surface area (Å²) in [6.07, 6.45) is 4.97. The fourth-order valence-corrected chi connectivity index (χ4v) is 3.51. The van der Waals surface area contributed by atoms with Crippen molar-refractivity contribution in [3.63, 3.8) is 0 Å². The fourth-order valence-electron chi connectivity index (χ4n) is 3.51. The Morgan fingerprint density at radius 3 is 2.96 bits per heavy atom. The quantitative estimate of drug-likeness (QED) is 0.767. The summed E-state index contributed by atoms with van der Waals surface area (Å²) in [5.74, 6) is 2.89. The molecule has 5 nitrogen and oxygen atoms in total. The Bertz CT molecular complexity index is 895. The van der Waals surface area contributed by atoms with Crippen molar-refractivity contribution in [1.29, 1.82) is 0 Å². The standard InChI is InChI=1S/C21H23N3O2/c1-15-13-24-14-17(7-11-20(24)22-15)23-21(25)12-9-18-8-10-19(26-18)16-5-3-2-4-6-16/h2-6,8,10,13,17H,7,9,11-12,14H2,1H3,(H,23,25).